The molecule has 1 N–H and O–H groups in total. The molecule has 0 saturated heterocycles. The molecule has 0 spiro atoms. The first kappa shape index (κ1) is 15.6. The second kappa shape index (κ2) is 7.27. The number of nitrogens with one attached hydrogen (secondary N) is 1. The standard InChI is InChI=1S/C12H7NO2.C5H12S/c14-11-8-5-1-3-7-4-2-6-9(10(7)8)12(15)13-11;1-2-3-4-5-6/h1-6H,(H,13,14,15);6H,2-5H2,1H3. The molecule has 0 unspecified atom stereocenters. The number of carbonyl (C=O) groups excluding carboxylic acids is 2. The van der Waals surface area contributed by atoms with E-state index in [0.717, 1.165) is 16.5 Å². The zero-order valence-corrected chi connectivity index (χ0v) is 13.0. The van der Waals surface area contributed by atoms with Gasteiger partial charge in [-0.3, -0.25) is 14.9 Å². The molecule has 0 aliphatic carbocycles. The molecule has 1 aliphatic rings. The van der Waals surface area contributed by atoms with Gasteiger partial charge in [0.15, 0.2) is 0 Å². The van der Waals surface area contributed by atoms with E-state index >= 15 is 0 Å². The van der Waals surface area contributed by atoms with Crippen LogP contribution < -0.4 is 5.32 Å². The molecular formula is C17H19NO2S. The van der Waals surface area contributed by atoms with Crippen molar-refractivity contribution in [3.63, 3.8) is 0 Å². The van der Waals surface area contributed by atoms with Crippen LogP contribution in [-0.2, 0) is 0 Å². The fourth-order valence-electron chi connectivity index (χ4n) is 2.32. The largest absolute Gasteiger partial charge is 0.288 e. The summed E-state index contributed by atoms with van der Waals surface area (Å²) in [5.74, 6) is 0.419. The van der Waals surface area contributed by atoms with Gasteiger partial charge in [0.25, 0.3) is 11.8 Å². The summed E-state index contributed by atoms with van der Waals surface area (Å²) in [7, 11) is 0. The zero-order valence-electron chi connectivity index (χ0n) is 12.1. The Bertz CT molecular complexity index is 614. The van der Waals surface area contributed by atoms with E-state index in [0.29, 0.717) is 11.1 Å². The van der Waals surface area contributed by atoms with E-state index in [4.69, 9.17) is 0 Å². The van der Waals surface area contributed by atoms with E-state index < -0.39 is 0 Å². The molecule has 0 radical (unpaired) electrons. The van der Waals surface area contributed by atoms with Crippen LogP contribution >= 0.6 is 12.6 Å². The van der Waals surface area contributed by atoms with Crippen LogP contribution in [0.25, 0.3) is 10.8 Å². The van der Waals surface area contributed by atoms with E-state index in [-0.39, 0.29) is 11.8 Å². The molecule has 1 aliphatic heterocycles. The van der Waals surface area contributed by atoms with Gasteiger partial charge in [0, 0.05) is 16.5 Å². The van der Waals surface area contributed by atoms with Crippen LogP contribution in [0.4, 0.5) is 0 Å². The van der Waals surface area contributed by atoms with Gasteiger partial charge in [0.2, 0.25) is 0 Å². The monoisotopic (exact) mass is 301 g/mol. The van der Waals surface area contributed by atoms with Crippen LogP contribution in [0.1, 0.15) is 46.9 Å². The Balaban J connectivity index is 0.000000232. The van der Waals surface area contributed by atoms with Crippen molar-refractivity contribution in [3.05, 3.63) is 47.5 Å². The molecule has 2 amide bonds. The van der Waals surface area contributed by atoms with Crippen LogP contribution in [0, 0.1) is 0 Å². The van der Waals surface area contributed by atoms with E-state index in [9.17, 15) is 9.59 Å². The number of carbonyl (C=O) groups is 2. The lowest BCUT2D eigenvalue weighted by atomic mass is 9.95. The summed E-state index contributed by atoms with van der Waals surface area (Å²) in [6, 6.07) is 10.9. The van der Waals surface area contributed by atoms with Crippen LogP contribution in [-0.4, -0.2) is 17.6 Å². The highest BCUT2D eigenvalue weighted by atomic mass is 32.1. The maximum atomic E-state index is 11.6. The summed E-state index contributed by atoms with van der Waals surface area (Å²) >= 11 is 4.05. The molecule has 1 heterocycles. The summed E-state index contributed by atoms with van der Waals surface area (Å²) < 4.78 is 0. The lowest BCUT2D eigenvalue weighted by Crippen LogP contribution is -2.34. The lowest BCUT2D eigenvalue weighted by molar-refractivity contribution is 0.0845. The van der Waals surface area contributed by atoms with Gasteiger partial charge in [0.05, 0.1) is 0 Å². The van der Waals surface area contributed by atoms with Gasteiger partial charge in [-0.2, -0.15) is 12.6 Å². The number of unbranched alkanes of at least 4 members (excludes halogenated alkanes) is 2. The third kappa shape index (κ3) is 3.45. The molecule has 0 aromatic heterocycles. The second-order valence-electron chi connectivity index (χ2n) is 4.92. The summed E-state index contributed by atoms with van der Waals surface area (Å²) in [4.78, 5) is 23.1. The molecule has 0 bridgehead atoms. The number of benzene rings is 2. The van der Waals surface area contributed by atoms with Gasteiger partial charge >= 0.3 is 0 Å². The number of amides is 2. The Hall–Kier alpha value is -1.81. The molecule has 0 saturated carbocycles. The van der Waals surface area contributed by atoms with Crippen LogP contribution in [0.2, 0.25) is 0 Å². The van der Waals surface area contributed by atoms with Crippen molar-refractivity contribution in [2.45, 2.75) is 26.2 Å². The number of imide groups is 1. The van der Waals surface area contributed by atoms with Crippen LogP contribution in [0.15, 0.2) is 36.4 Å². The third-order valence-electron chi connectivity index (χ3n) is 3.38. The fourth-order valence-corrected chi connectivity index (χ4v) is 2.54. The molecule has 2 aromatic carbocycles. The number of hydrogen-bond donors (Lipinski definition) is 2. The van der Waals surface area contributed by atoms with Crippen molar-refractivity contribution in [1.29, 1.82) is 0 Å². The normalized spacial score (nSPS) is 12.7. The molecule has 3 rings (SSSR count). The molecule has 4 heteroatoms. The number of hydrogen-bond acceptors (Lipinski definition) is 3. The predicted octanol–water partition coefficient (Wildman–Crippen LogP) is 3.83. The second-order valence-corrected chi connectivity index (χ2v) is 5.37. The summed E-state index contributed by atoms with van der Waals surface area (Å²) in [5.41, 5.74) is 1.14. The minimum atomic E-state index is -0.315. The Kier molecular flexibility index (Phi) is 5.39. The summed E-state index contributed by atoms with van der Waals surface area (Å²) in [6.45, 7) is 2.20. The van der Waals surface area contributed by atoms with Crippen molar-refractivity contribution < 1.29 is 9.59 Å². The van der Waals surface area contributed by atoms with Crippen molar-refractivity contribution in [2.75, 3.05) is 5.75 Å². The smallest absolute Gasteiger partial charge is 0.258 e. The Morgan fingerprint density at radius 1 is 0.952 bits per heavy atom. The third-order valence-corrected chi connectivity index (χ3v) is 3.70. The lowest BCUT2D eigenvalue weighted by Gasteiger charge is -2.15. The van der Waals surface area contributed by atoms with Gasteiger partial charge in [-0.25, -0.2) is 0 Å². The molecule has 0 fully saturated rings. The highest BCUT2D eigenvalue weighted by Gasteiger charge is 2.23. The minimum absolute atomic E-state index is 0.315. The maximum Gasteiger partial charge on any atom is 0.258 e. The topological polar surface area (TPSA) is 46.2 Å². The van der Waals surface area contributed by atoms with E-state index in [2.05, 4.69) is 24.9 Å². The number of thiol groups is 1. The van der Waals surface area contributed by atoms with Crippen molar-refractivity contribution in [2.24, 2.45) is 0 Å². The first-order valence-corrected chi connectivity index (χ1v) is 7.80. The minimum Gasteiger partial charge on any atom is -0.288 e. The summed E-state index contributed by atoms with van der Waals surface area (Å²) in [6.07, 6.45) is 3.92. The first-order valence-electron chi connectivity index (χ1n) is 7.17. The molecule has 21 heavy (non-hydrogen) atoms. The van der Waals surface area contributed by atoms with Crippen molar-refractivity contribution >= 4 is 35.2 Å². The Morgan fingerprint density at radius 2 is 1.52 bits per heavy atom. The Labute approximate surface area is 130 Å². The van der Waals surface area contributed by atoms with Gasteiger partial charge in [-0.1, -0.05) is 44.0 Å². The van der Waals surface area contributed by atoms with E-state index in [1.54, 1.807) is 12.1 Å². The fraction of sp³-hybridized carbons (Fsp3) is 0.294. The van der Waals surface area contributed by atoms with Crippen molar-refractivity contribution in [3.8, 4) is 0 Å². The first-order chi connectivity index (χ1) is 10.2. The van der Waals surface area contributed by atoms with Gasteiger partial charge < -0.3 is 0 Å². The Morgan fingerprint density at radius 3 is 1.95 bits per heavy atom. The summed E-state index contributed by atoms with van der Waals surface area (Å²) in [5, 5.41) is 4.00. The highest BCUT2D eigenvalue weighted by molar-refractivity contribution is 7.80. The molecular weight excluding hydrogens is 282 g/mol. The number of rotatable bonds is 3. The molecule has 3 nitrogen and oxygen atoms in total. The maximum absolute atomic E-state index is 11.6. The SMILES string of the molecule is CCCCCS.O=C1NC(=O)c2cccc3cccc1c23. The average Bonchev–Trinajstić information content (AvgIpc) is 2.51. The molecule has 0 atom stereocenters. The average molecular weight is 301 g/mol. The predicted molar refractivity (Wildman–Crippen MR) is 89.1 cm³/mol. The van der Waals surface area contributed by atoms with Gasteiger partial charge in [-0.15, -0.1) is 0 Å². The van der Waals surface area contributed by atoms with Gasteiger partial charge in [0.1, 0.15) is 0 Å². The van der Waals surface area contributed by atoms with Crippen molar-refractivity contribution in [1.82, 2.24) is 5.32 Å². The van der Waals surface area contributed by atoms with Crippen LogP contribution in [0.3, 0.4) is 0 Å². The molecule has 2 aromatic rings. The zero-order chi connectivity index (χ0) is 15.2. The van der Waals surface area contributed by atoms with Gasteiger partial charge in [-0.05, 0) is 29.7 Å². The van der Waals surface area contributed by atoms with E-state index in [1.165, 1.54) is 19.3 Å². The van der Waals surface area contributed by atoms with Crippen LogP contribution in [0.5, 0.6) is 0 Å². The quantitative estimate of drug-likeness (QED) is 0.514. The highest BCUT2D eigenvalue weighted by Crippen LogP contribution is 2.25. The van der Waals surface area contributed by atoms with E-state index in [1.807, 2.05) is 24.3 Å². The molecule has 110 valence electrons.